The summed E-state index contributed by atoms with van der Waals surface area (Å²) in [6, 6.07) is 0. The van der Waals surface area contributed by atoms with Gasteiger partial charge in [-0.2, -0.15) is 5.10 Å². The Bertz CT molecular complexity index is 284. The van der Waals surface area contributed by atoms with E-state index in [4.69, 9.17) is 0 Å². The number of nitrogens with zero attached hydrogens (tertiary/aromatic N) is 2. The zero-order valence-corrected chi connectivity index (χ0v) is 8.38. The minimum atomic E-state index is 0.695. The first-order valence-electron chi connectivity index (χ1n) is 5.06. The van der Waals surface area contributed by atoms with Crippen LogP contribution < -0.4 is 5.32 Å². The number of aryl methyl sites for hydroxylation is 1. The molecule has 1 fully saturated rings. The van der Waals surface area contributed by atoms with Crippen molar-refractivity contribution < 1.29 is 0 Å². The largest absolute Gasteiger partial charge is 0.316 e. The molecule has 13 heavy (non-hydrogen) atoms. The van der Waals surface area contributed by atoms with E-state index in [1.54, 1.807) is 0 Å². The van der Waals surface area contributed by atoms with Crippen LogP contribution in [0.15, 0.2) is 6.20 Å². The van der Waals surface area contributed by atoms with Crippen molar-refractivity contribution in [2.75, 3.05) is 13.1 Å². The molecule has 1 unspecified atom stereocenters. The highest BCUT2D eigenvalue weighted by Gasteiger charge is 2.20. The predicted molar refractivity (Wildman–Crippen MR) is 52.9 cm³/mol. The van der Waals surface area contributed by atoms with Crippen LogP contribution >= 0.6 is 0 Å². The minimum absolute atomic E-state index is 0.695. The van der Waals surface area contributed by atoms with Crippen molar-refractivity contribution in [1.82, 2.24) is 15.1 Å². The molecular formula is C10H17N3. The van der Waals surface area contributed by atoms with Gasteiger partial charge in [0.15, 0.2) is 0 Å². The van der Waals surface area contributed by atoms with Crippen LogP contribution in [0.3, 0.4) is 0 Å². The zero-order chi connectivity index (χ0) is 9.26. The molecule has 0 amide bonds. The fraction of sp³-hybridized carbons (Fsp3) is 0.700. The van der Waals surface area contributed by atoms with Gasteiger partial charge in [-0.3, -0.25) is 4.68 Å². The third-order valence-electron chi connectivity index (χ3n) is 2.94. The summed E-state index contributed by atoms with van der Waals surface area (Å²) < 4.78 is 2.08. The van der Waals surface area contributed by atoms with Crippen molar-refractivity contribution in [3.63, 3.8) is 0 Å². The van der Waals surface area contributed by atoms with Gasteiger partial charge < -0.3 is 5.32 Å². The van der Waals surface area contributed by atoms with Gasteiger partial charge in [-0.05, 0) is 32.4 Å². The zero-order valence-electron chi connectivity index (χ0n) is 8.38. The molecule has 2 rings (SSSR count). The fourth-order valence-electron chi connectivity index (χ4n) is 2.10. The molecule has 0 aromatic carbocycles. The van der Waals surface area contributed by atoms with Crippen molar-refractivity contribution in [3.8, 4) is 0 Å². The smallest absolute Gasteiger partial charge is 0.0527 e. The average molecular weight is 179 g/mol. The van der Waals surface area contributed by atoms with Gasteiger partial charge in [-0.1, -0.05) is 0 Å². The molecule has 1 N–H and O–H groups in total. The topological polar surface area (TPSA) is 29.9 Å². The van der Waals surface area contributed by atoms with Gasteiger partial charge in [0.2, 0.25) is 0 Å². The van der Waals surface area contributed by atoms with E-state index < -0.39 is 0 Å². The Balaban J connectivity index is 2.24. The Morgan fingerprint density at radius 2 is 2.54 bits per heavy atom. The lowest BCUT2D eigenvalue weighted by molar-refractivity contribution is 0.635. The molecule has 3 nitrogen and oxygen atoms in total. The van der Waals surface area contributed by atoms with Gasteiger partial charge in [-0.25, -0.2) is 0 Å². The van der Waals surface area contributed by atoms with Crippen LogP contribution in [0, 0.1) is 6.92 Å². The summed E-state index contributed by atoms with van der Waals surface area (Å²) in [7, 11) is 0. The summed E-state index contributed by atoms with van der Waals surface area (Å²) >= 11 is 0. The Labute approximate surface area is 79.1 Å². The van der Waals surface area contributed by atoms with Gasteiger partial charge in [-0.15, -0.1) is 0 Å². The van der Waals surface area contributed by atoms with E-state index in [0.717, 1.165) is 19.6 Å². The molecule has 2 heterocycles. The highest BCUT2D eigenvalue weighted by atomic mass is 15.3. The van der Waals surface area contributed by atoms with Gasteiger partial charge in [0.1, 0.15) is 0 Å². The maximum absolute atomic E-state index is 4.37. The summed E-state index contributed by atoms with van der Waals surface area (Å²) in [4.78, 5) is 0. The molecule has 0 aliphatic carbocycles. The number of nitrogens with one attached hydrogen (secondary N) is 1. The summed E-state index contributed by atoms with van der Waals surface area (Å²) in [5.41, 5.74) is 2.78. The van der Waals surface area contributed by atoms with E-state index in [0.29, 0.717) is 5.92 Å². The molecular weight excluding hydrogens is 162 g/mol. The van der Waals surface area contributed by atoms with Crippen LogP contribution in [0.1, 0.15) is 30.5 Å². The standard InChI is InChI=1S/C10H17N3/c1-3-13-8(2)10(7-12-13)9-4-5-11-6-9/h7,9,11H,3-6H2,1-2H3. The lowest BCUT2D eigenvalue weighted by atomic mass is 9.99. The van der Waals surface area contributed by atoms with E-state index in [9.17, 15) is 0 Å². The number of hydrogen-bond donors (Lipinski definition) is 1. The van der Waals surface area contributed by atoms with Crippen LogP contribution in [0.5, 0.6) is 0 Å². The van der Waals surface area contributed by atoms with Gasteiger partial charge in [0.05, 0.1) is 6.20 Å². The second kappa shape index (κ2) is 3.50. The van der Waals surface area contributed by atoms with E-state index in [1.807, 2.05) is 6.20 Å². The van der Waals surface area contributed by atoms with Gasteiger partial charge in [0, 0.05) is 24.7 Å². The summed E-state index contributed by atoms with van der Waals surface area (Å²) in [5, 5.41) is 7.76. The van der Waals surface area contributed by atoms with Crippen LogP contribution in [0.2, 0.25) is 0 Å². The number of rotatable bonds is 2. The van der Waals surface area contributed by atoms with Gasteiger partial charge in [0.25, 0.3) is 0 Å². The normalized spacial score (nSPS) is 22.5. The minimum Gasteiger partial charge on any atom is -0.316 e. The molecule has 3 heteroatoms. The van der Waals surface area contributed by atoms with E-state index in [2.05, 4.69) is 28.9 Å². The molecule has 1 aromatic rings. The van der Waals surface area contributed by atoms with Crippen LogP contribution in [0.4, 0.5) is 0 Å². The average Bonchev–Trinajstić information content (AvgIpc) is 2.72. The van der Waals surface area contributed by atoms with E-state index >= 15 is 0 Å². The first-order valence-corrected chi connectivity index (χ1v) is 5.06. The molecule has 0 radical (unpaired) electrons. The fourth-order valence-corrected chi connectivity index (χ4v) is 2.10. The molecule has 1 atom stereocenters. The highest BCUT2D eigenvalue weighted by Crippen LogP contribution is 2.24. The Hall–Kier alpha value is -0.830. The molecule has 72 valence electrons. The molecule has 1 aromatic heterocycles. The molecule has 1 aliphatic rings. The first kappa shape index (κ1) is 8.75. The third-order valence-corrected chi connectivity index (χ3v) is 2.94. The second-order valence-electron chi connectivity index (χ2n) is 3.69. The van der Waals surface area contributed by atoms with Crippen LogP contribution in [-0.4, -0.2) is 22.9 Å². The van der Waals surface area contributed by atoms with E-state index in [1.165, 1.54) is 17.7 Å². The van der Waals surface area contributed by atoms with Crippen LogP contribution in [0.25, 0.3) is 0 Å². The summed E-state index contributed by atoms with van der Waals surface area (Å²) in [6.07, 6.45) is 3.30. The maximum atomic E-state index is 4.37. The Morgan fingerprint density at radius 1 is 1.69 bits per heavy atom. The lowest BCUT2D eigenvalue weighted by Gasteiger charge is -2.07. The van der Waals surface area contributed by atoms with E-state index in [-0.39, 0.29) is 0 Å². The number of aromatic nitrogens is 2. The summed E-state index contributed by atoms with van der Waals surface area (Å²) in [6.45, 7) is 7.56. The summed E-state index contributed by atoms with van der Waals surface area (Å²) in [5.74, 6) is 0.695. The van der Waals surface area contributed by atoms with Crippen molar-refractivity contribution in [3.05, 3.63) is 17.5 Å². The molecule has 1 saturated heterocycles. The molecule has 0 saturated carbocycles. The SMILES string of the molecule is CCn1ncc(C2CCNC2)c1C. The first-order chi connectivity index (χ1) is 6.33. The molecule has 0 spiro atoms. The Morgan fingerprint density at radius 3 is 3.08 bits per heavy atom. The van der Waals surface area contributed by atoms with Crippen LogP contribution in [-0.2, 0) is 6.54 Å². The highest BCUT2D eigenvalue weighted by molar-refractivity contribution is 5.22. The lowest BCUT2D eigenvalue weighted by Crippen LogP contribution is -2.08. The quantitative estimate of drug-likeness (QED) is 0.741. The van der Waals surface area contributed by atoms with Gasteiger partial charge >= 0.3 is 0 Å². The molecule has 0 bridgehead atoms. The van der Waals surface area contributed by atoms with Crippen molar-refractivity contribution in [2.24, 2.45) is 0 Å². The monoisotopic (exact) mass is 179 g/mol. The third kappa shape index (κ3) is 1.48. The van der Waals surface area contributed by atoms with Crippen molar-refractivity contribution >= 4 is 0 Å². The van der Waals surface area contributed by atoms with Crippen molar-refractivity contribution in [2.45, 2.75) is 32.7 Å². The van der Waals surface area contributed by atoms with Crippen molar-refractivity contribution in [1.29, 1.82) is 0 Å². The predicted octanol–water partition coefficient (Wildman–Crippen LogP) is 1.29. The Kier molecular flexibility index (Phi) is 2.36. The molecule has 1 aliphatic heterocycles. The number of hydrogen-bond acceptors (Lipinski definition) is 2. The maximum Gasteiger partial charge on any atom is 0.0527 e. The second-order valence-corrected chi connectivity index (χ2v) is 3.69.